The first-order valence-electron chi connectivity index (χ1n) is 9.85. The van der Waals surface area contributed by atoms with Gasteiger partial charge in [-0.2, -0.15) is 0 Å². The Balaban J connectivity index is 1.98. The number of ether oxygens (including phenoxy) is 1. The van der Waals surface area contributed by atoms with Gasteiger partial charge in [0.2, 0.25) is 5.91 Å². The Morgan fingerprint density at radius 3 is 2.52 bits per heavy atom. The second-order valence-corrected chi connectivity index (χ2v) is 9.45. The lowest BCUT2D eigenvalue weighted by molar-refractivity contribution is -0.142. The maximum absolute atomic E-state index is 12.9. The third kappa shape index (κ3) is 4.31. The Morgan fingerprint density at radius 2 is 1.89 bits per heavy atom. The number of halogens is 1. The predicted molar refractivity (Wildman–Crippen MR) is 117 cm³/mol. The average Bonchev–Trinajstić information content (AvgIpc) is 2.67. The Labute approximate surface area is 178 Å². The quantitative estimate of drug-likeness (QED) is 0.418. The summed E-state index contributed by atoms with van der Waals surface area (Å²) in [5.74, 6) is 0.0477. The van der Waals surface area contributed by atoms with Crippen molar-refractivity contribution in [2.24, 2.45) is 0 Å². The van der Waals surface area contributed by atoms with Gasteiger partial charge in [0.05, 0.1) is 19.4 Å². The van der Waals surface area contributed by atoms with E-state index in [0.717, 1.165) is 41.0 Å². The topological polar surface area (TPSA) is 46.6 Å². The number of carbonyl (C=O) groups is 2. The van der Waals surface area contributed by atoms with Crippen LogP contribution in [0.4, 0.5) is 0 Å². The van der Waals surface area contributed by atoms with Gasteiger partial charge in [0.1, 0.15) is 0 Å². The lowest BCUT2D eigenvalue weighted by atomic mass is 9.85. The molecule has 1 amide bonds. The highest BCUT2D eigenvalue weighted by Crippen LogP contribution is 2.41. The van der Waals surface area contributed by atoms with Crippen LogP contribution in [0.2, 0.25) is 0 Å². The molecule has 0 radical (unpaired) electrons. The first-order valence-corrected chi connectivity index (χ1v) is 13.2. The maximum Gasteiger partial charge on any atom is 0.310 e. The summed E-state index contributed by atoms with van der Waals surface area (Å²) in [7, 11) is 1.67. The molecule has 0 aromatic heterocycles. The van der Waals surface area contributed by atoms with E-state index < -0.39 is 0 Å². The molecule has 4 nitrogen and oxygen atoms in total. The van der Waals surface area contributed by atoms with Crippen molar-refractivity contribution in [3.05, 3.63) is 27.8 Å². The standard InChI is InChI=1S/C21H28INO3S/c1-4-26-20(25)11-17-13(2)16-10-19(24)23(15-8-6-5-7-9-15)12-18(16)14(3)21(17)27-22/h15H,4-12H2,1-3H3. The van der Waals surface area contributed by atoms with Crippen molar-refractivity contribution in [1.82, 2.24) is 4.90 Å². The van der Waals surface area contributed by atoms with E-state index in [1.165, 1.54) is 30.4 Å². The fourth-order valence-electron chi connectivity index (χ4n) is 4.53. The number of amides is 1. The van der Waals surface area contributed by atoms with E-state index in [0.29, 0.717) is 19.1 Å². The van der Waals surface area contributed by atoms with Crippen LogP contribution in [0.15, 0.2) is 4.90 Å². The van der Waals surface area contributed by atoms with Crippen LogP contribution in [0.3, 0.4) is 0 Å². The van der Waals surface area contributed by atoms with Crippen LogP contribution in [-0.4, -0.2) is 29.4 Å². The fraction of sp³-hybridized carbons (Fsp3) is 0.619. The molecule has 0 spiro atoms. The summed E-state index contributed by atoms with van der Waals surface area (Å²) in [5, 5.41) is 0. The van der Waals surface area contributed by atoms with Crippen LogP contribution in [0.5, 0.6) is 0 Å². The average molecular weight is 501 g/mol. The molecule has 0 saturated heterocycles. The Hall–Kier alpha value is -0.760. The van der Waals surface area contributed by atoms with Gasteiger partial charge in [-0.3, -0.25) is 9.59 Å². The number of carbonyl (C=O) groups excluding carboxylic acids is 2. The van der Waals surface area contributed by atoms with Crippen molar-refractivity contribution in [3.63, 3.8) is 0 Å². The van der Waals surface area contributed by atoms with E-state index in [4.69, 9.17) is 4.74 Å². The van der Waals surface area contributed by atoms with Gasteiger partial charge in [-0.25, -0.2) is 0 Å². The van der Waals surface area contributed by atoms with E-state index in [9.17, 15) is 9.59 Å². The molecule has 1 saturated carbocycles. The lowest BCUT2D eigenvalue weighted by Crippen LogP contribution is -2.45. The molecule has 1 fully saturated rings. The van der Waals surface area contributed by atoms with Crippen LogP contribution in [0.25, 0.3) is 0 Å². The minimum atomic E-state index is -0.197. The summed E-state index contributed by atoms with van der Waals surface area (Å²) in [6.07, 6.45) is 6.75. The summed E-state index contributed by atoms with van der Waals surface area (Å²) in [6, 6.07) is 0.397. The molecule has 1 aromatic rings. The number of hydrogen-bond acceptors (Lipinski definition) is 4. The number of hydrogen-bond donors (Lipinski definition) is 0. The molecule has 27 heavy (non-hydrogen) atoms. The van der Waals surface area contributed by atoms with E-state index in [2.05, 4.69) is 40.0 Å². The van der Waals surface area contributed by atoms with Crippen molar-refractivity contribution < 1.29 is 14.3 Å². The zero-order valence-corrected chi connectivity index (χ0v) is 19.4. The van der Waals surface area contributed by atoms with Crippen molar-refractivity contribution >= 4 is 42.0 Å². The van der Waals surface area contributed by atoms with Gasteiger partial charge in [-0.1, -0.05) is 28.2 Å². The first-order chi connectivity index (χ1) is 13.0. The molecule has 2 aliphatic rings. The van der Waals surface area contributed by atoms with E-state index in [1.54, 1.807) is 8.93 Å². The van der Waals surface area contributed by atoms with Crippen molar-refractivity contribution in [2.45, 2.75) is 83.2 Å². The highest BCUT2D eigenvalue weighted by atomic mass is 127. The molecule has 1 aromatic carbocycles. The summed E-state index contributed by atoms with van der Waals surface area (Å²) in [5.41, 5.74) is 5.78. The summed E-state index contributed by atoms with van der Waals surface area (Å²) in [6.45, 7) is 7.14. The number of fused-ring (bicyclic) bond motifs is 1. The molecule has 0 unspecified atom stereocenters. The van der Waals surface area contributed by atoms with Crippen molar-refractivity contribution in [1.29, 1.82) is 0 Å². The SMILES string of the molecule is CCOC(=O)Cc1c(C)c2c(c(C)c1SI)CN(C1CCCCC1)C(=O)C2. The minimum Gasteiger partial charge on any atom is -0.466 e. The zero-order valence-electron chi connectivity index (χ0n) is 16.4. The van der Waals surface area contributed by atoms with Crippen molar-refractivity contribution in [3.8, 4) is 0 Å². The molecular weight excluding hydrogens is 473 g/mol. The van der Waals surface area contributed by atoms with Gasteiger partial charge in [0.15, 0.2) is 0 Å². The second-order valence-electron chi connectivity index (χ2n) is 7.56. The van der Waals surface area contributed by atoms with Crippen LogP contribution in [-0.2, 0) is 33.7 Å². The first kappa shape index (κ1) is 21.0. The molecule has 0 bridgehead atoms. The van der Waals surface area contributed by atoms with E-state index in [-0.39, 0.29) is 18.3 Å². The van der Waals surface area contributed by atoms with Gasteiger partial charge < -0.3 is 9.64 Å². The normalized spacial score (nSPS) is 17.8. The van der Waals surface area contributed by atoms with Gasteiger partial charge in [-0.15, -0.1) is 0 Å². The zero-order chi connectivity index (χ0) is 19.6. The minimum absolute atomic E-state index is 0.197. The third-order valence-corrected chi connectivity index (χ3v) is 8.06. The second kappa shape index (κ2) is 9.16. The van der Waals surface area contributed by atoms with Crippen LogP contribution < -0.4 is 0 Å². The molecule has 1 heterocycles. The Kier molecular flexibility index (Phi) is 7.11. The van der Waals surface area contributed by atoms with Gasteiger partial charge in [0, 0.05) is 38.7 Å². The molecule has 6 heteroatoms. The Morgan fingerprint density at radius 1 is 1.19 bits per heavy atom. The van der Waals surface area contributed by atoms with Crippen LogP contribution >= 0.6 is 30.1 Å². The summed E-state index contributed by atoms with van der Waals surface area (Å²) in [4.78, 5) is 28.4. The molecular formula is C21H28INO3S. The van der Waals surface area contributed by atoms with Gasteiger partial charge in [-0.05, 0) is 61.4 Å². The largest absolute Gasteiger partial charge is 0.466 e. The molecule has 148 valence electrons. The number of esters is 1. The molecule has 3 rings (SSSR count). The van der Waals surface area contributed by atoms with Crippen molar-refractivity contribution in [2.75, 3.05) is 6.61 Å². The molecule has 1 aliphatic carbocycles. The van der Waals surface area contributed by atoms with Crippen LogP contribution in [0.1, 0.15) is 66.8 Å². The van der Waals surface area contributed by atoms with Gasteiger partial charge in [0.25, 0.3) is 0 Å². The van der Waals surface area contributed by atoms with E-state index >= 15 is 0 Å². The smallest absolute Gasteiger partial charge is 0.310 e. The molecule has 0 N–H and O–H groups in total. The predicted octanol–water partition coefficient (Wildman–Crippen LogP) is 5.07. The number of nitrogens with zero attached hydrogens (tertiary/aromatic N) is 1. The highest BCUT2D eigenvalue weighted by Gasteiger charge is 2.33. The van der Waals surface area contributed by atoms with Crippen LogP contribution in [0, 0.1) is 13.8 Å². The molecule has 0 atom stereocenters. The summed E-state index contributed by atoms with van der Waals surface area (Å²) >= 11 is 2.30. The van der Waals surface area contributed by atoms with Gasteiger partial charge >= 0.3 is 5.97 Å². The lowest BCUT2D eigenvalue weighted by Gasteiger charge is -2.39. The number of rotatable bonds is 5. The summed E-state index contributed by atoms with van der Waals surface area (Å²) < 4.78 is 5.18. The maximum atomic E-state index is 12.9. The Bertz CT molecular complexity index is 744. The van der Waals surface area contributed by atoms with E-state index in [1.807, 2.05) is 6.92 Å². The fourth-order valence-corrected chi connectivity index (χ4v) is 6.88. The molecule has 1 aliphatic heterocycles. The highest BCUT2D eigenvalue weighted by molar-refractivity contribution is 14.2. The number of benzene rings is 1. The third-order valence-electron chi connectivity index (χ3n) is 6.03. The monoisotopic (exact) mass is 501 g/mol.